The maximum Gasteiger partial charge on any atom is 0.226 e. The summed E-state index contributed by atoms with van der Waals surface area (Å²) in [5.41, 5.74) is 3.31. The van der Waals surface area contributed by atoms with Gasteiger partial charge in [0, 0.05) is 17.0 Å². The minimum Gasteiger partial charge on any atom is -0.326 e. The van der Waals surface area contributed by atoms with Crippen molar-refractivity contribution in [3.05, 3.63) is 35.2 Å². The molecule has 2 heterocycles. The lowest BCUT2D eigenvalue weighted by Gasteiger charge is -2.32. The van der Waals surface area contributed by atoms with Gasteiger partial charge in [-0.1, -0.05) is 50.6 Å². The first kappa shape index (κ1) is 15.8. The third-order valence-electron chi connectivity index (χ3n) is 5.02. The molecule has 0 aromatic heterocycles. The van der Waals surface area contributed by atoms with Crippen molar-refractivity contribution in [2.45, 2.75) is 51.6 Å². The number of thioether (sulfide) groups is 1. The van der Waals surface area contributed by atoms with Crippen LogP contribution >= 0.6 is 11.8 Å². The number of nitrogens with zero attached hydrogens (tertiary/aromatic N) is 2. The lowest BCUT2D eigenvalue weighted by molar-refractivity contribution is -0.118. The largest absolute Gasteiger partial charge is 0.326 e. The fourth-order valence-corrected chi connectivity index (χ4v) is 4.65. The molecule has 4 nitrogen and oxygen atoms in total. The van der Waals surface area contributed by atoms with Crippen molar-refractivity contribution in [1.29, 1.82) is 0 Å². The molecule has 0 radical (unpaired) electrons. The molecule has 24 heavy (non-hydrogen) atoms. The van der Waals surface area contributed by atoms with Gasteiger partial charge in [0.2, 0.25) is 5.91 Å². The first-order valence-electron chi connectivity index (χ1n) is 8.78. The zero-order valence-corrected chi connectivity index (χ0v) is 15.0. The van der Waals surface area contributed by atoms with E-state index >= 15 is 0 Å². The third kappa shape index (κ3) is 2.75. The third-order valence-corrected chi connectivity index (χ3v) is 5.87. The second-order valence-corrected chi connectivity index (χ2v) is 7.88. The molecule has 1 aromatic carbocycles. The number of hydrogen-bond donors (Lipinski definition) is 1. The van der Waals surface area contributed by atoms with Gasteiger partial charge in [0.1, 0.15) is 0 Å². The van der Waals surface area contributed by atoms with E-state index in [1.165, 1.54) is 42.1 Å². The van der Waals surface area contributed by atoms with Gasteiger partial charge >= 0.3 is 0 Å². The molecule has 0 bridgehead atoms. The van der Waals surface area contributed by atoms with Crippen LogP contribution in [0.1, 0.15) is 45.1 Å². The zero-order chi connectivity index (χ0) is 16.7. The molecule has 126 valence electrons. The number of amidine groups is 1. The highest BCUT2D eigenvalue weighted by atomic mass is 32.2. The molecule has 0 unspecified atom stereocenters. The number of carbonyl (C=O) groups excluding carboxylic acids is 1. The number of aliphatic imine (C=N–C) groups is 1. The standard InChI is InChI=1S/C19H23N3OS/c1-12(2)18(23)20-14-9-7-13(8-10-14)17-11-24-19-21-15-5-3-4-6-16(15)22(17)19/h7-12,15-16H,3-6H2,1-2H3,(H,20,23)/t15-,16-/m1/s1. The predicted molar refractivity (Wildman–Crippen MR) is 101 cm³/mol. The van der Waals surface area contributed by atoms with Crippen LogP contribution in [-0.2, 0) is 4.79 Å². The van der Waals surface area contributed by atoms with E-state index in [-0.39, 0.29) is 11.8 Å². The van der Waals surface area contributed by atoms with Crippen LogP contribution < -0.4 is 5.32 Å². The fourth-order valence-electron chi connectivity index (χ4n) is 3.64. The Kier molecular flexibility index (Phi) is 4.12. The smallest absolute Gasteiger partial charge is 0.226 e. The Labute approximate surface area is 147 Å². The minimum atomic E-state index is -0.00905. The van der Waals surface area contributed by atoms with Gasteiger partial charge in [0.25, 0.3) is 0 Å². The van der Waals surface area contributed by atoms with E-state index < -0.39 is 0 Å². The summed E-state index contributed by atoms with van der Waals surface area (Å²) in [6, 6.07) is 9.20. The van der Waals surface area contributed by atoms with Gasteiger partial charge in [0.05, 0.1) is 17.8 Å². The second kappa shape index (κ2) is 6.28. The lowest BCUT2D eigenvalue weighted by atomic mass is 9.90. The highest BCUT2D eigenvalue weighted by Crippen LogP contribution is 2.44. The molecule has 2 aliphatic heterocycles. The number of nitrogens with one attached hydrogen (secondary N) is 1. The molecular weight excluding hydrogens is 318 g/mol. The summed E-state index contributed by atoms with van der Waals surface area (Å²) in [5, 5.41) is 6.33. The number of amides is 1. The van der Waals surface area contributed by atoms with Crippen molar-refractivity contribution in [3.63, 3.8) is 0 Å². The molecule has 0 spiro atoms. The number of hydrogen-bond acceptors (Lipinski definition) is 4. The van der Waals surface area contributed by atoms with Crippen LogP contribution in [0.4, 0.5) is 5.69 Å². The van der Waals surface area contributed by atoms with Crippen molar-refractivity contribution >= 4 is 34.2 Å². The SMILES string of the molecule is CC(C)C(=O)Nc1ccc(C2=CSC3=N[C@@H]4CCCC[C@H]4N23)cc1. The Balaban J connectivity index is 1.52. The minimum absolute atomic E-state index is 0.00905. The van der Waals surface area contributed by atoms with Crippen molar-refractivity contribution in [3.8, 4) is 0 Å². The summed E-state index contributed by atoms with van der Waals surface area (Å²) >= 11 is 1.74. The molecule has 1 N–H and O–H groups in total. The number of carbonyl (C=O) groups is 1. The highest BCUT2D eigenvalue weighted by Gasteiger charge is 2.42. The molecule has 1 fully saturated rings. The monoisotopic (exact) mass is 341 g/mol. The van der Waals surface area contributed by atoms with Crippen molar-refractivity contribution in [1.82, 2.24) is 4.90 Å². The normalized spacial score (nSPS) is 25.2. The van der Waals surface area contributed by atoms with E-state index in [1.807, 2.05) is 26.0 Å². The maximum atomic E-state index is 11.8. The summed E-state index contributed by atoms with van der Waals surface area (Å²) in [6.45, 7) is 3.80. The van der Waals surface area contributed by atoms with Crippen LogP contribution in [0.2, 0.25) is 0 Å². The van der Waals surface area contributed by atoms with E-state index in [9.17, 15) is 4.79 Å². The fraction of sp³-hybridized carbons (Fsp3) is 0.474. The van der Waals surface area contributed by atoms with E-state index in [4.69, 9.17) is 4.99 Å². The maximum absolute atomic E-state index is 11.8. The average Bonchev–Trinajstić information content (AvgIpc) is 3.14. The number of fused-ring (bicyclic) bond motifs is 3. The summed E-state index contributed by atoms with van der Waals surface area (Å²) < 4.78 is 0. The number of anilines is 1. The molecule has 3 aliphatic rings. The second-order valence-electron chi connectivity index (χ2n) is 7.04. The summed E-state index contributed by atoms with van der Waals surface area (Å²) in [4.78, 5) is 19.2. The van der Waals surface area contributed by atoms with Gasteiger partial charge in [0.15, 0.2) is 5.17 Å². The Bertz CT molecular complexity index is 708. The lowest BCUT2D eigenvalue weighted by Crippen LogP contribution is -2.38. The molecular formula is C19H23N3OS. The zero-order valence-electron chi connectivity index (χ0n) is 14.2. The van der Waals surface area contributed by atoms with Crippen LogP contribution in [0.3, 0.4) is 0 Å². The van der Waals surface area contributed by atoms with Crippen molar-refractivity contribution in [2.24, 2.45) is 10.9 Å². The molecule has 1 saturated carbocycles. The molecule has 5 heteroatoms. The van der Waals surface area contributed by atoms with Crippen LogP contribution in [0, 0.1) is 5.92 Å². The number of benzene rings is 1. The highest BCUT2D eigenvalue weighted by molar-refractivity contribution is 8.16. The van der Waals surface area contributed by atoms with E-state index in [2.05, 4.69) is 27.8 Å². The van der Waals surface area contributed by atoms with Crippen molar-refractivity contribution in [2.75, 3.05) is 5.32 Å². The van der Waals surface area contributed by atoms with Gasteiger partial charge in [-0.15, -0.1) is 0 Å². The molecule has 1 aromatic rings. The molecule has 0 saturated heterocycles. The van der Waals surface area contributed by atoms with Crippen LogP contribution in [-0.4, -0.2) is 28.1 Å². The Morgan fingerprint density at radius 2 is 2.00 bits per heavy atom. The Morgan fingerprint density at radius 1 is 1.25 bits per heavy atom. The van der Waals surface area contributed by atoms with E-state index in [0.717, 1.165) is 5.69 Å². The van der Waals surface area contributed by atoms with Gasteiger partial charge in [-0.05, 0) is 30.5 Å². The quantitative estimate of drug-likeness (QED) is 0.891. The van der Waals surface area contributed by atoms with Gasteiger partial charge < -0.3 is 10.2 Å². The van der Waals surface area contributed by atoms with E-state index in [1.54, 1.807) is 11.8 Å². The molecule has 1 aliphatic carbocycles. The van der Waals surface area contributed by atoms with Crippen LogP contribution in [0.15, 0.2) is 34.7 Å². The van der Waals surface area contributed by atoms with Gasteiger partial charge in [-0.3, -0.25) is 9.79 Å². The van der Waals surface area contributed by atoms with Gasteiger partial charge in [-0.25, -0.2) is 0 Å². The number of rotatable bonds is 3. The first-order valence-corrected chi connectivity index (χ1v) is 9.66. The summed E-state index contributed by atoms with van der Waals surface area (Å²) in [5.74, 6) is 0.0441. The first-order chi connectivity index (χ1) is 11.6. The topological polar surface area (TPSA) is 44.7 Å². The Morgan fingerprint density at radius 3 is 2.75 bits per heavy atom. The van der Waals surface area contributed by atoms with Crippen LogP contribution in [0.25, 0.3) is 5.70 Å². The molecule has 1 amide bonds. The molecule has 2 atom stereocenters. The Hall–Kier alpha value is -1.75. The average molecular weight is 341 g/mol. The van der Waals surface area contributed by atoms with Crippen molar-refractivity contribution < 1.29 is 4.79 Å². The van der Waals surface area contributed by atoms with Gasteiger partial charge in [-0.2, -0.15) is 0 Å². The van der Waals surface area contributed by atoms with Crippen LogP contribution in [0.5, 0.6) is 0 Å². The summed E-state index contributed by atoms with van der Waals surface area (Å²) in [6.07, 6.45) is 5.06. The summed E-state index contributed by atoms with van der Waals surface area (Å²) in [7, 11) is 0. The van der Waals surface area contributed by atoms with E-state index in [0.29, 0.717) is 12.1 Å². The molecule has 4 rings (SSSR count). The predicted octanol–water partition coefficient (Wildman–Crippen LogP) is 4.31.